The van der Waals surface area contributed by atoms with Crippen molar-refractivity contribution in [3.63, 3.8) is 0 Å². The van der Waals surface area contributed by atoms with Gasteiger partial charge in [-0.1, -0.05) is 102 Å². The summed E-state index contributed by atoms with van der Waals surface area (Å²) in [6, 6.07) is 6.25. The number of hydrogen-bond donors (Lipinski definition) is 2. The lowest BCUT2D eigenvalue weighted by Gasteiger charge is -2.35. The highest BCUT2D eigenvalue weighted by molar-refractivity contribution is 5.92. The number of ether oxygens (including phenoxy) is 1. The Bertz CT molecular complexity index is 877. The van der Waals surface area contributed by atoms with Gasteiger partial charge in [-0.15, -0.1) is 0 Å². The first kappa shape index (κ1) is 35.5. The molecule has 0 aliphatic carbocycles. The Kier molecular flexibility index (Phi) is 16.6. The maximum Gasteiger partial charge on any atom is 0.408 e. The SMILES string of the molecule is CCCCCCCCN(C(=O)C(CC(C)C)NC(=O)OC(C)(C)C)C(C(=O)NCCCCC)c1ccc(C)cc1. The lowest BCUT2D eigenvalue weighted by Crippen LogP contribution is -2.53. The molecule has 0 aliphatic heterocycles. The Morgan fingerprint density at radius 2 is 1.45 bits per heavy atom. The molecular weight excluding hydrogens is 502 g/mol. The summed E-state index contributed by atoms with van der Waals surface area (Å²) in [5, 5.41) is 5.92. The molecule has 0 saturated carbocycles. The summed E-state index contributed by atoms with van der Waals surface area (Å²) in [6.07, 6.45) is 9.23. The maximum atomic E-state index is 14.3. The molecule has 2 unspecified atom stereocenters. The Morgan fingerprint density at radius 1 is 0.875 bits per heavy atom. The summed E-state index contributed by atoms with van der Waals surface area (Å²) in [5.41, 5.74) is 1.18. The lowest BCUT2D eigenvalue weighted by atomic mass is 9.98. The fraction of sp³-hybridized carbons (Fsp3) is 0.727. The molecule has 0 radical (unpaired) electrons. The summed E-state index contributed by atoms with van der Waals surface area (Å²) < 4.78 is 5.50. The van der Waals surface area contributed by atoms with E-state index in [-0.39, 0.29) is 17.7 Å². The van der Waals surface area contributed by atoms with Gasteiger partial charge in [-0.3, -0.25) is 9.59 Å². The number of amides is 3. The van der Waals surface area contributed by atoms with Crippen molar-refractivity contribution >= 4 is 17.9 Å². The predicted octanol–water partition coefficient (Wildman–Crippen LogP) is 7.47. The number of aryl methyl sites for hydroxylation is 1. The Balaban J connectivity index is 3.38. The molecule has 0 saturated heterocycles. The van der Waals surface area contributed by atoms with Crippen LogP contribution in [-0.4, -0.2) is 47.5 Å². The van der Waals surface area contributed by atoms with Gasteiger partial charge in [0.1, 0.15) is 17.7 Å². The number of carbonyl (C=O) groups excluding carboxylic acids is 3. The molecule has 0 spiro atoms. The Hall–Kier alpha value is -2.57. The molecule has 1 rings (SSSR count). The van der Waals surface area contributed by atoms with Crippen molar-refractivity contribution in [1.29, 1.82) is 0 Å². The molecule has 0 heterocycles. The molecule has 1 aromatic carbocycles. The van der Waals surface area contributed by atoms with Crippen molar-refractivity contribution in [2.45, 2.75) is 137 Å². The zero-order valence-corrected chi connectivity index (χ0v) is 26.6. The zero-order valence-electron chi connectivity index (χ0n) is 26.6. The lowest BCUT2D eigenvalue weighted by molar-refractivity contribution is -0.143. The highest BCUT2D eigenvalue weighted by atomic mass is 16.6. The highest BCUT2D eigenvalue weighted by Gasteiger charge is 2.36. The minimum absolute atomic E-state index is 0.153. The first-order chi connectivity index (χ1) is 18.9. The molecule has 2 N–H and O–H groups in total. The van der Waals surface area contributed by atoms with Crippen molar-refractivity contribution in [1.82, 2.24) is 15.5 Å². The second-order valence-corrected chi connectivity index (χ2v) is 12.4. The van der Waals surface area contributed by atoms with Crippen LogP contribution >= 0.6 is 0 Å². The predicted molar refractivity (Wildman–Crippen MR) is 164 cm³/mol. The number of nitrogens with zero attached hydrogens (tertiary/aromatic N) is 1. The molecular formula is C33H57N3O4. The van der Waals surface area contributed by atoms with E-state index in [1.165, 1.54) is 19.3 Å². The standard InChI is InChI=1S/C33H57N3O4/c1-9-11-13-14-15-17-23-36(31(38)28(24-25(3)4)35-32(39)40-33(6,7)8)29(27-20-18-26(5)19-21-27)30(37)34-22-16-12-10-2/h18-21,25,28-29H,9-17,22-24H2,1-8H3,(H,34,37)(H,35,39). The first-order valence-electron chi connectivity index (χ1n) is 15.5. The van der Waals surface area contributed by atoms with Gasteiger partial charge in [0.05, 0.1) is 0 Å². The summed E-state index contributed by atoms with van der Waals surface area (Å²) >= 11 is 0. The van der Waals surface area contributed by atoms with Gasteiger partial charge in [0.15, 0.2) is 0 Å². The average molecular weight is 560 g/mol. The van der Waals surface area contributed by atoms with Crippen LogP contribution in [0.4, 0.5) is 4.79 Å². The normalized spacial score (nSPS) is 13.0. The van der Waals surface area contributed by atoms with Crippen molar-refractivity contribution in [2.24, 2.45) is 5.92 Å². The number of alkyl carbamates (subject to hydrolysis) is 1. The van der Waals surface area contributed by atoms with Gasteiger partial charge in [-0.25, -0.2) is 4.79 Å². The molecule has 0 fully saturated rings. The van der Waals surface area contributed by atoms with E-state index in [9.17, 15) is 14.4 Å². The van der Waals surface area contributed by atoms with Crippen LogP contribution in [0.5, 0.6) is 0 Å². The maximum absolute atomic E-state index is 14.3. The third-order valence-electron chi connectivity index (χ3n) is 6.76. The first-order valence-corrected chi connectivity index (χ1v) is 15.5. The van der Waals surface area contributed by atoms with Crippen LogP contribution < -0.4 is 10.6 Å². The monoisotopic (exact) mass is 559 g/mol. The second-order valence-electron chi connectivity index (χ2n) is 12.4. The molecule has 40 heavy (non-hydrogen) atoms. The second kappa shape index (κ2) is 18.7. The van der Waals surface area contributed by atoms with E-state index in [1.54, 1.807) is 25.7 Å². The molecule has 3 amide bonds. The molecule has 1 aromatic rings. The number of unbranched alkanes of at least 4 members (excludes halogenated alkanes) is 7. The third kappa shape index (κ3) is 14.2. The fourth-order valence-electron chi connectivity index (χ4n) is 4.68. The van der Waals surface area contributed by atoms with Gasteiger partial charge >= 0.3 is 6.09 Å². The van der Waals surface area contributed by atoms with Crippen LogP contribution in [-0.2, 0) is 14.3 Å². The van der Waals surface area contributed by atoms with Gasteiger partial charge in [0, 0.05) is 13.1 Å². The number of rotatable bonds is 18. The third-order valence-corrected chi connectivity index (χ3v) is 6.76. The topological polar surface area (TPSA) is 87.7 Å². The van der Waals surface area contributed by atoms with Gasteiger partial charge in [-0.2, -0.15) is 0 Å². The van der Waals surface area contributed by atoms with Crippen molar-refractivity contribution in [2.75, 3.05) is 13.1 Å². The van der Waals surface area contributed by atoms with Crippen molar-refractivity contribution < 1.29 is 19.1 Å². The van der Waals surface area contributed by atoms with E-state index in [0.29, 0.717) is 19.5 Å². The van der Waals surface area contributed by atoms with Gasteiger partial charge in [-0.05, 0) is 58.4 Å². The minimum Gasteiger partial charge on any atom is -0.444 e. The number of nitrogens with one attached hydrogen (secondary N) is 2. The summed E-state index contributed by atoms with van der Waals surface area (Å²) in [7, 11) is 0. The van der Waals surface area contributed by atoms with Crippen LogP contribution in [0.3, 0.4) is 0 Å². The highest BCUT2D eigenvalue weighted by Crippen LogP contribution is 2.25. The molecule has 7 nitrogen and oxygen atoms in total. The molecule has 2 atom stereocenters. The Morgan fingerprint density at radius 3 is 2.02 bits per heavy atom. The van der Waals surface area contributed by atoms with Gasteiger partial charge < -0.3 is 20.3 Å². The quantitative estimate of drug-likeness (QED) is 0.183. The van der Waals surface area contributed by atoms with Crippen LogP contribution in [0.1, 0.15) is 130 Å². The molecule has 0 aliphatic rings. The van der Waals surface area contributed by atoms with Crippen molar-refractivity contribution in [3.8, 4) is 0 Å². The average Bonchev–Trinajstić information content (AvgIpc) is 2.86. The number of hydrogen-bond acceptors (Lipinski definition) is 4. The van der Waals surface area contributed by atoms with Gasteiger partial charge in [0.2, 0.25) is 11.8 Å². The van der Waals surface area contributed by atoms with E-state index in [2.05, 4.69) is 24.5 Å². The van der Waals surface area contributed by atoms with Gasteiger partial charge in [0.25, 0.3) is 0 Å². The summed E-state index contributed by atoms with van der Waals surface area (Å²) in [5.74, 6) is -0.275. The van der Waals surface area contributed by atoms with E-state index in [1.807, 2.05) is 45.0 Å². The van der Waals surface area contributed by atoms with Crippen LogP contribution in [0.15, 0.2) is 24.3 Å². The zero-order chi connectivity index (χ0) is 30.1. The summed E-state index contributed by atoms with van der Waals surface area (Å²) in [4.78, 5) is 42.5. The van der Waals surface area contributed by atoms with E-state index in [0.717, 1.165) is 49.7 Å². The van der Waals surface area contributed by atoms with E-state index in [4.69, 9.17) is 4.74 Å². The van der Waals surface area contributed by atoms with E-state index < -0.39 is 23.8 Å². The van der Waals surface area contributed by atoms with Crippen LogP contribution in [0.2, 0.25) is 0 Å². The number of carbonyl (C=O) groups is 3. The van der Waals surface area contributed by atoms with E-state index >= 15 is 0 Å². The molecule has 0 bridgehead atoms. The van der Waals surface area contributed by atoms with Crippen LogP contribution in [0, 0.1) is 12.8 Å². The van der Waals surface area contributed by atoms with Crippen molar-refractivity contribution in [3.05, 3.63) is 35.4 Å². The molecule has 7 heteroatoms. The fourth-order valence-corrected chi connectivity index (χ4v) is 4.68. The Labute approximate surface area is 244 Å². The smallest absolute Gasteiger partial charge is 0.408 e. The molecule has 0 aromatic heterocycles. The molecule has 228 valence electrons. The van der Waals surface area contributed by atoms with Crippen LogP contribution in [0.25, 0.3) is 0 Å². The minimum atomic E-state index is -0.796. The largest absolute Gasteiger partial charge is 0.444 e. The number of benzene rings is 1. The summed E-state index contributed by atoms with van der Waals surface area (Å²) in [6.45, 7) is 16.8.